The highest BCUT2D eigenvalue weighted by atomic mass is 32.2. The molecule has 0 aromatic heterocycles. The monoisotopic (exact) mass is 330 g/mol. The van der Waals surface area contributed by atoms with Crippen molar-refractivity contribution >= 4 is 23.7 Å². The van der Waals surface area contributed by atoms with Crippen LogP contribution in [-0.4, -0.2) is 48.0 Å². The Morgan fingerprint density at radius 2 is 2.00 bits per heavy atom. The average Bonchev–Trinajstić information content (AvgIpc) is 3.14. The largest absolute Gasteiger partial charge is 0.352 e. The van der Waals surface area contributed by atoms with Crippen LogP contribution in [0.2, 0.25) is 0 Å². The van der Waals surface area contributed by atoms with Gasteiger partial charge in [-0.2, -0.15) is 11.8 Å². The summed E-state index contributed by atoms with van der Waals surface area (Å²) in [4.78, 5) is 14.6. The SMILES string of the molecule is O=C(/C=C/c1ccccc1)NCC1CCN([C@H]2CCSC2)CC1. The van der Waals surface area contributed by atoms with Crippen LogP contribution >= 0.6 is 11.8 Å². The van der Waals surface area contributed by atoms with Gasteiger partial charge in [0.25, 0.3) is 0 Å². The number of amides is 1. The van der Waals surface area contributed by atoms with Gasteiger partial charge in [-0.05, 0) is 55.7 Å². The van der Waals surface area contributed by atoms with Gasteiger partial charge < -0.3 is 5.32 Å². The molecule has 3 rings (SSSR count). The van der Waals surface area contributed by atoms with Gasteiger partial charge in [-0.1, -0.05) is 30.3 Å². The standard InChI is InChI=1S/C19H26N2OS/c22-19(7-6-16-4-2-1-3-5-16)20-14-17-8-11-21(12-9-17)18-10-13-23-15-18/h1-7,17-18H,8-15H2,(H,20,22)/b7-6+/t18-/m0/s1. The van der Waals surface area contributed by atoms with Crippen molar-refractivity contribution in [3.63, 3.8) is 0 Å². The van der Waals surface area contributed by atoms with Crippen molar-refractivity contribution in [1.82, 2.24) is 10.2 Å². The molecule has 2 aliphatic heterocycles. The molecule has 23 heavy (non-hydrogen) atoms. The van der Waals surface area contributed by atoms with E-state index in [4.69, 9.17) is 0 Å². The van der Waals surface area contributed by atoms with Gasteiger partial charge in [0.2, 0.25) is 5.91 Å². The van der Waals surface area contributed by atoms with E-state index in [1.54, 1.807) is 6.08 Å². The summed E-state index contributed by atoms with van der Waals surface area (Å²) in [6.07, 6.45) is 7.29. The molecule has 124 valence electrons. The molecular formula is C19H26N2OS. The maximum absolute atomic E-state index is 11.9. The number of hydrogen-bond donors (Lipinski definition) is 1. The van der Waals surface area contributed by atoms with Gasteiger partial charge in [0, 0.05) is 24.4 Å². The first-order chi connectivity index (χ1) is 11.3. The molecule has 0 bridgehead atoms. The fraction of sp³-hybridized carbons (Fsp3) is 0.526. The fourth-order valence-corrected chi connectivity index (χ4v) is 4.63. The van der Waals surface area contributed by atoms with Crippen molar-refractivity contribution in [2.75, 3.05) is 31.1 Å². The van der Waals surface area contributed by atoms with E-state index in [0.29, 0.717) is 5.92 Å². The number of carbonyl (C=O) groups excluding carboxylic acids is 1. The van der Waals surface area contributed by atoms with Gasteiger partial charge in [0.1, 0.15) is 0 Å². The summed E-state index contributed by atoms with van der Waals surface area (Å²) in [7, 11) is 0. The van der Waals surface area contributed by atoms with Crippen LogP contribution in [0, 0.1) is 5.92 Å². The Bertz CT molecular complexity index is 517. The van der Waals surface area contributed by atoms with Gasteiger partial charge in [0.05, 0.1) is 0 Å². The second-order valence-corrected chi connectivity index (χ2v) is 7.64. The summed E-state index contributed by atoms with van der Waals surface area (Å²) in [5.41, 5.74) is 1.06. The van der Waals surface area contributed by atoms with E-state index in [0.717, 1.165) is 18.2 Å². The Morgan fingerprint density at radius 3 is 2.70 bits per heavy atom. The van der Waals surface area contributed by atoms with E-state index in [9.17, 15) is 4.79 Å². The number of piperidine rings is 1. The van der Waals surface area contributed by atoms with Gasteiger partial charge in [-0.25, -0.2) is 0 Å². The molecule has 0 aliphatic carbocycles. The molecule has 1 atom stereocenters. The zero-order valence-electron chi connectivity index (χ0n) is 13.6. The van der Waals surface area contributed by atoms with Gasteiger partial charge in [-0.3, -0.25) is 9.69 Å². The summed E-state index contributed by atoms with van der Waals surface area (Å²) in [6.45, 7) is 3.21. The maximum Gasteiger partial charge on any atom is 0.244 e. The summed E-state index contributed by atoms with van der Waals surface area (Å²) < 4.78 is 0. The summed E-state index contributed by atoms with van der Waals surface area (Å²) >= 11 is 2.09. The predicted molar refractivity (Wildman–Crippen MR) is 98.5 cm³/mol. The number of likely N-dealkylation sites (tertiary alicyclic amines) is 1. The number of hydrogen-bond acceptors (Lipinski definition) is 3. The minimum Gasteiger partial charge on any atom is -0.352 e. The molecule has 2 saturated heterocycles. The van der Waals surface area contributed by atoms with Crippen LogP contribution in [0.4, 0.5) is 0 Å². The van der Waals surface area contributed by atoms with Gasteiger partial charge in [0.15, 0.2) is 0 Å². The highest BCUT2D eigenvalue weighted by Gasteiger charge is 2.27. The van der Waals surface area contributed by atoms with E-state index >= 15 is 0 Å². The molecule has 2 aliphatic rings. The van der Waals surface area contributed by atoms with Crippen LogP contribution in [-0.2, 0) is 4.79 Å². The van der Waals surface area contributed by atoms with E-state index in [-0.39, 0.29) is 5.91 Å². The molecule has 1 aromatic carbocycles. The third-order valence-electron chi connectivity index (χ3n) is 4.86. The number of thioether (sulfide) groups is 1. The molecule has 0 spiro atoms. The van der Waals surface area contributed by atoms with Crippen molar-refractivity contribution in [2.45, 2.75) is 25.3 Å². The maximum atomic E-state index is 11.9. The third-order valence-corrected chi connectivity index (χ3v) is 6.01. The number of nitrogens with one attached hydrogen (secondary N) is 1. The first-order valence-corrected chi connectivity index (χ1v) is 9.79. The predicted octanol–water partition coefficient (Wildman–Crippen LogP) is 3.03. The first kappa shape index (κ1) is 16.6. The summed E-state index contributed by atoms with van der Waals surface area (Å²) in [6, 6.07) is 10.8. The fourth-order valence-electron chi connectivity index (χ4n) is 3.37. The summed E-state index contributed by atoms with van der Waals surface area (Å²) in [5, 5.41) is 3.06. The molecule has 0 unspecified atom stereocenters. The second kappa shape index (κ2) is 8.55. The smallest absolute Gasteiger partial charge is 0.244 e. The van der Waals surface area contributed by atoms with Crippen LogP contribution in [0.25, 0.3) is 6.08 Å². The molecule has 2 heterocycles. The Kier molecular flexibility index (Phi) is 6.17. The first-order valence-electron chi connectivity index (χ1n) is 8.64. The molecular weight excluding hydrogens is 304 g/mol. The summed E-state index contributed by atoms with van der Waals surface area (Å²) in [5.74, 6) is 3.29. The molecule has 3 nitrogen and oxygen atoms in total. The zero-order valence-corrected chi connectivity index (χ0v) is 14.4. The van der Waals surface area contributed by atoms with Gasteiger partial charge >= 0.3 is 0 Å². The van der Waals surface area contributed by atoms with Gasteiger partial charge in [-0.15, -0.1) is 0 Å². The molecule has 4 heteroatoms. The van der Waals surface area contributed by atoms with E-state index in [1.807, 2.05) is 36.4 Å². The topological polar surface area (TPSA) is 32.3 Å². The lowest BCUT2D eigenvalue weighted by molar-refractivity contribution is -0.116. The highest BCUT2D eigenvalue weighted by molar-refractivity contribution is 7.99. The minimum atomic E-state index is 0.0171. The Morgan fingerprint density at radius 1 is 1.22 bits per heavy atom. The van der Waals surface area contributed by atoms with Crippen LogP contribution in [0.5, 0.6) is 0 Å². The van der Waals surface area contributed by atoms with Crippen LogP contribution < -0.4 is 5.32 Å². The second-order valence-electron chi connectivity index (χ2n) is 6.49. The van der Waals surface area contributed by atoms with Crippen molar-refractivity contribution in [3.05, 3.63) is 42.0 Å². The average molecular weight is 330 g/mol. The number of rotatable bonds is 5. The van der Waals surface area contributed by atoms with Crippen molar-refractivity contribution in [2.24, 2.45) is 5.92 Å². The number of nitrogens with zero attached hydrogens (tertiary/aromatic N) is 1. The molecule has 1 aromatic rings. The highest BCUT2D eigenvalue weighted by Crippen LogP contribution is 2.26. The van der Waals surface area contributed by atoms with Crippen LogP contribution in [0.15, 0.2) is 36.4 Å². The minimum absolute atomic E-state index is 0.0171. The lowest BCUT2D eigenvalue weighted by Gasteiger charge is -2.35. The van der Waals surface area contributed by atoms with E-state index in [1.165, 1.54) is 43.9 Å². The number of carbonyl (C=O) groups is 1. The quantitative estimate of drug-likeness (QED) is 0.842. The molecule has 0 radical (unpaired) electrons. The molecule has 0 saturated carbocycles. The van der Waals surface area contributed by atoms with Crippen molar-refractivity contribution in [1.29, 1.82) is 0 Å². The number of benzene rings is 1. The van der Waals surface area contributed by atoms with E-state index < -0.39 is 0 Å². The molecule has 1 amide bonds. The Hall–Kier alpha value is -1.26. The Balaban J connectivity index is 1.36. The normalized spacial score (nSPS) is 23.4. The zero-order chi connectivity index (χ0) is 15.9. The Labute approximate surface area is 143 Å². The van der Waals surface area contributed by atoms with E-state index in [2.05, 4.69) is 22.0 Å². The van der Waals surface area contributed by atoms with Crippen molar-refractivity contribution in [3.8, 4) is 0 Å². The molecule has 2 fully saturated rings. The van der Waals surface area contributed by atoms with Crippen LogP contribution in [0.1, 0.15) is 24.8 Å². The third kappa shape index (κ3) is 5.11. The molecule has 1 N–H and O–H groups in total. The lowest BCUT2D eigenvalue weighted by Crippen LogP contribution is -2.43. The lowest BCUT2D eigenvalue weighted by atomic mass is 9.95. The van der Waals surface area contributed by atoms with Crippen molar-refractivity contribution < 1.29 is 4.79 Å². The van der Waals surface area contributed by atoms with Crippen LogP contribution in [0.3, 0.4) is 0 Å².